The molecule has 0 unspecified atom stereocenters. The zero-order chi connectivity index (χ0) is 21.0. The van der Waals surface area contributed by atoms with Crippen molar-refractivity contribution in [2.45, 2.75) is 53.5 Å². The number of aryl methyl sites for hydroxylation is 3. The quantitative estimate of drug-likeness (QED) is 0.842. The van der Waals surface area contributed by atoms with Crippen molar-refractivity contribution in [1.82, 2.24) is 20.2 Å². The van der Waals surface area contributed by atoms with Crippen LogP contribution in [-0.4, -0.2) is 53.1 Å². The fraction of sp³-hybridized carbons (Fsp3) is 0.522. The van der Waals surface area contributed by atoms with E-state index in [1.165, 1.54) is 16.7 Å². The summed E-state index contributed by atoms with van der Waals surface area (Å²) in [6, 6.07) is 8.81. The van der Waals surface area contributed by atoms with Crippen LogP contribution in [0.25, 0.3) is 0 Å². The first-order valence-corrected chi connectivity index (χ1v) is 10.6. The molecule has 3 rings (SSSR count). The fourth-order valence-corrected chi connectivity index (χ4v) is 3.86. The van der Waals surface area contributed by atoms with Gasteiger partial charge in [-0.1, -0.05) is 36.8 Å². The molecule has 1 aromatic carbocycles. The zero-order valence-corrected chi connectivity index (χ0v) is 18.3. The third kappa shape index (κ3) is 5.25. The number of hydrogen-bond donors (Lipinski definition) is 1. The first-order valence-electron chi connectivity index (χ1n) is 10.6. The first kappa shape index (κ1) is 21.1. The molecule has 0 aliphatic carbocycles. The summed E-state index contributed by atoms with van der Waals surface area (Å²) in [5, 5.41) is 2.99. The molecule has 6 nitrogen and oxygen atoms in total. The van der Waals surface area contributed by atoms with Gasteiger partial charge in [0.2, 0.25) is 0 Å². The molecule has 1 aliphatic rings. The predicted octanol–water partition coefficient (Wildman–Crippen LogP) is 3.49. The number of carbonyl (C=O) groups excluding carboxylic acids is 1. The molecule has 0 spiro atoms. The Labute approximate surface area is 174 Å². The van der Waals surface area contributed by atoms with Crippen LogP contribution in [0.15, 0.2) is 24.3 Å². The Morgan fingerprint density at radius 1 is 1.14 bits per heavy atom. The van der Waals surface area contributed by atoms with Crippen LogP contribution in [0.3, 0.4) is 0 Å². The van der Waals surface area contributed by atoms with Crippen molar-refractivity contribution >= 4 is 11.8 Å². The minimum absolute atomic E-state index is 0.0211. The molecule has 156 valence electrons. The van der Waals surface area contributed by atoms with Gasteiger partial charge < -0.3 is 15.1 Å². The van der Waals surface area contributed by atoms with Crippen LogP contribution in [0.5, 0.6) is 0 Å². The SMILES string of the molecule is CCc1nc(C)nc(N2CCN(C(=O)NC(C)C)CC2)c1Cc1cccc(C)c1. The fourth-order valence-electron chi connectivity index (χ4n) is 3.86. The number of anilines is 1. The molecule has 29 heavy (non-hydrogen) atoms. The van der Waals surface area contributed by atoms with E-state index < -0.39 is 0 Å². The number of benzene rings is 1. The number of urea groups is 1. The summed E-state index contributed by atoms with van der Waals surface area (Å²) < 4.78 is 0. The van der Waals surface area contributed by atoms with Gasteiger partial charge in [-0.25, -0.2) is 14.8 Å². The van der Waals surface area contributed by atoms with Gasteiger partial charge in [-0.05, 0) is 39.7 Å². The average molecular weight is 396 g/mol. The lowest BCUT2D eigenvalue weighted by atomic mass is 10.0. The summed E-state index contributed by atoms with van der Waals surface area (Å²) in [5.41, 5.74) is 4.88. The number of carbonyl (C=O) groups is 1. The highest BCUT2D eigenvalue weighted by Gasteiger charge is 2.25. The van der Waals surface area contributed by atoms with Gasteiger partial charge in [0.25, 0.3) is 0 Å². The molecule has 2 aromatic rings. The topological polar surface area (TPSA) is 61.4 Å². The van der Waals surface area contributed by atoms with E-state index in [4.69, 9.17) is 9.97 Å². The molecule has 0 atom stereocenters. The average Bonchev–Trinajstić information content (AvgIpc) is 2.68. The van der Waals surface area contributed by atoms with E-state index in [0.29, 0.717) is 13.1 Å². The van der Waals surface area contributed by atoms with E-state index >= 15 is 0 Å². The van der Waals surface area contributed by atoms with E-state index in [1.807, 2.05) is 25.7 Å². The van der Waals surface area contributed by atoms with Gasteiger partial charge in [-0.15, -0.1) is 0 Å². The van der Waals surface area contributed by atoms with Crippen LogP contribution < -0.4 is 10.2 Å². The Morgan fingerprint density at radius 3 is 2.48 bits per heavy atom. The summed E-state index contributed by atoms with van der Waals surface area (Å²) >= 11 is 0. The minimum Gasteiger partial charge on any atom is -0.353 e. The summed E-state index contributed by atoms with van der Waals surface area (Å²) in [6.07, 6.45) is 1.71. The van der Waals surface area contributed by atoms with Gasteiger partial charge in [-0.3, -0.25) is 0 Å². The normalized spacial score (nSPS) is 14.4. The van der Waals surface area contributed by atoms with Gasteiger partial charge >= 0.3 is 6.03 Å². The Balaban J connectivity index is 1.83. The first-order chi connectivity index (χ1) is 13.9. The Bertz CT molecular complexity index is 856. The van der Waals surface area contributed by atoms with Crippen LogP contribution in [0.1, 0.15) is 49.0 Å². The number of nitrogens with zero attached hydrogens (tertiary/aromatic N) is 4. The number of aromatic nitrogens is 2. The van der Waals surface area contributed by atoms with E-state index in [9.17, 15) is 4.79 Å². The molecule has 6 heteroatoms. The number of amides is 2. The largest absolute Gasteiger partial charge is 0.353 e. The van der Waals surface area contributed by atoms with Crippen molar-refractivity contribution in [3.63, 3.8) is 0 Å². The molecule has 1 saturated heterocycles. The highest BCUT2D eigenvalue weighted by atomic mass is 16.2. The zero-order valence-electron chi connectivity index (χ0n) is 18.3. The summed E-state index contributed by atoms with van der Waals surface area (Å²) in [6.45, 7) is 13.2. The molecular formula is C23H33N5O. The second-order valence-corrected chi connectivity index (χ2v) is 8.12. The maximum absolute atomic E-state index is 12.3. The van der Waals surface area contributed by atoms with Crippen molar-refractivity contribution in [3.8, 4) is 0 Å². The van der Waals surface area contributed by atoms with Gasteiger partial charge in [0.15, 0.2) is 0 Å². The monoisotopic (exact) mass is 395 g/mol. The second-order valence-electron chi connectivity index (χ2n) is 8.12. The van der Waals surface area contributed by atoms with E-state index in [-0.39, 0.29) is 12.1 Å². The number of nitrogens with one attached hydrogen (secondary N) is 1. The van der Waals surface area contributed by atoms with Crippen molar-refractivity contribution in [2.75, 3.05) is 31.1 Å². The molecule has 0 saturated carbocycles. The second kappa shape index (κ2) is 9.25. The van der Waals surface area contributed by atoms with Crippen LogP contribution in [-0.2, 0) is 12.8 Å². The lowest BCUT2D eigenvalue weighted by Gasteiger charge is -2.37. The molecular weight excluding hydrogens is 362 g/mol. The molecule has 1 fully saturated rings. The van der Waals surface area contributed by atoms with E-state index in [1.54, 1.807) is 0 Å². The number of piperazine rings is 1. The molecule has 2 heterocycles. The molecule has 1 N–H and O–H groups in total. The highest BCUT2D eigenvalue weighted by Crippen LogP contribution is 2.26. The van der Waals surface area contributed by atoms with Crippen LogP contribution in [0.4, 0.5) is 10.6 Å². The highest BCUT2D eigenvalue weighted by molar-refractivity contribution is 5.74. The maximum atomic E-state index is 12.3. The molecule has 0 radical (unpaired) electrons. The van der Waals surface area contributed by atoms with Crippen molar-refractivity contribution in [1.29, 1.82) is 0 Å². The predicted molar refractivity (Wildman–Crippen MR) is 118 cm³/mol. The van der Waals surface area contributed by atoms with Crippen LogP contribution in [0, 0.1) is 13.8 Å². The van der Waals surface area contributed by atoms with Gasteiger partial charge in [-0.2, -0.15) is 0 Å². The third-order valence-corrected chi connectivity index (χ3v) is 5.26. The van der Waals surface area contributed by atoms with Crippen molar-refractivity contribution in [3.05, 3.63) is 52.5 Å². The number of rotatable bonds is 5. The lowest BCUT2D eigenvalue weighted by molar-refractivity contribution is 0.191. The third-order valence-electron chi connectivity index (χ3n) is 5.26. The standard InChI is InChI=1S/C23H33N5O/c1-6-21-20(15-19-9-7-8-17(4)14-19)22(26-18(5)25-21)27-10-12-28(13-11-27)23(29)24-16(2)3/h7-9,14,16H,6,10-13,15H2,1-5H3,(H,24,29). The van der Waals surface area contributed by atoms with Crippen LogP contribution in [0.2, 0.25) is 0 Å². The molecule has 1 aliphatic heterocycles. The molecule has 0 bridgehead atoms. The Hall–Kier alpha value is -2.63. The Morgan fingerprint density at radius 2 is 1.86 bits per heavy atom. The lowest BCUT2D eigenvalue weighted by Crippen LogP contribution is -2.53. The minimum atomic E-state index is 0.0211. The summed E-state index contributed by atoms with van der Waals surface area (Å²) in [5.74, 6) is 1.84. The number of hydrogen-bond acceptors (Lipinski definition) is 4. The van der Waals surface area contributed by atoms with Crippen LogP contribution >= 0.6 is 0 Å². The van der Waals surface area contributed by atoms with Gasteiger partial charge in [0.1, 0.15) is 11.6 Å². The smallest absolute Gasteiger partial charge is 0.317 e. The molecule has 1 aromatic heterocycles. The molecule has 2 amide bonds. The maximum Gasteiger partial charge on any atom is 0.317 e. The van der Waals surface area contributed by atoms with Gasteiger partial charge in [0, 0.05) is 49.9 Å². The van der Waals surface area contributed by atoms with E-state index in [0.717, 1.165) is 43.3 Å². The summed E-state index contributed by atoms with van der Waals surface area (Å²) in [7, 11) is 0. The van der Waals surface area contributed by atoms with E-state index in [2.05, 4.69) is 48.3 Å². The van der Waals surface area contributed by atoms with Gasteiger partial charge in [0.05, 0.1) is 0 Å². The summed E-state index contributed by atoms with van der Waals surface area (Å²) in [4.78, 5) is 26.1. The Kier molecular flexibility index (Phi) is 6.72. The van der Waals surface area contributed by atoms with Crippen molar-refractivity contribution < 1.29 is 4.79 Å². The van der Waals surface area contributed by atoms with Crippen molar-refractivity contribution in [2.24, 2.45) is 0 Å².